The van der Waals surface area contributed by atoms with E-state index in [9.17, 15) is 9.59 Å². The highest BCUT2D eigenvalue weighted by Crippen LogP contribution is 2.07. The summed E-state index contributed by atoms with van der Waals surface area (Å²) in [6, 6.07) is 16.0. The molecule has 0 spiro atoms. The highest BCUT2D eigenvalue weighted by atomic mass is 16.2. The lowest BCUT2D eigenvalue weighted by Crippen LogP contribution is -2.42. The van der Waals surface area contributed by atoms with Crippen molar-refractivity contribution in [1.82, 2.24) is 9.13 Å². The van der Waals surface area contributed by atoms with Crippen molar-refractivity contribution in [2.45, 2.75) is 33.9 Å². The molecule has 0 aliphatic rings. The Hall–Kier alpha value is -2.82. The van der Waals surface area contributed by atoms with E-state index in [4.69, 9.17) is 0 Å². The quantitative estimate of drug-likeness (QED) is 0.669. The zero-order chi connectivity index (χ0) is 18.8. The Morgan fingerprint density at radius 3 is 1.85 bits per heavy atom. The molecule has 1 aromatic heterocycles. The van der Waals surface area contributed by atoms with E-state index < -0.39 is 0 Å². The third kappa shape index (κ3) is 3.57. The summed E-state index contributed by atoms with van der Waals surface area (Å²) in [7, 11) is 2.03. The van der Waals surface area contributed by atoms with Crippen LogP contribution in [0.1, 0.15) is 27.9 Å². The lowest BCUT2D eigenvalue weighted by molar-refractivity contribution is 0.591. The molecule has 2 aromatic carbocycles. The van der Waals surface area contributed by atoms with E-state index in [1.165, 1.54) is 10.0 Å². The SMILES string of the molecule is Bc1ccc(Cn2c(C)c(C)c(=O)n(Cc3ccc(C)cc3)c2=O)cc1. The first-order valence-electron chi connectivity index (χ1n) is 8.78. The van der Waals surface area contributed by atoms with Gasteiger partial charge in [-0.05, 0) is 31.9 Å². The summed E-state index contributed by atoms with van der Waals surface area (Å²) in [5.41, 5.74) is 5.18. The zero-order valence-corrected chi connectivity index (χ0v) is 15.7. The smallest absolute Gasteiger partial charge is 0.293 e. The molecule has 26 heavy (non-hydrogen) atoms. The topological polar surface area (TPSA) is 44.0 Å². The number of nitrogens with zero attached hydrogens (tertiary/aromatic N) is 2. The Morgan fingerprint density at radius 1 is 0.769 bits per heavy atom. The van der Waals surface area contributed by atoms with Crippen LogP contribution in [-0.2, 0) is 13.1 Å². The molecule has 3 aromatic rings. The average molecular weight is 346 g/mol. The fourth-order valence-corrected chi connectivity index (χ4v) is 3.01. The van der Waals surface area contributed by atoms with Gasteiger partial charge < -0.3 is 0 Å². The summed E-state index contributed by atoms with van der Waals surface area (Å²) in [6.45, 7) is 6.38. The Bertz CT molecular complexity index is 1050. The summed E-state index contributed by atoms with van der Waals surface area (Å²) in [5, 5.41) is 0. The summed E-state index contributed by atoms with van der Waals surface area (Å²) < 4.78 is 3.02. The van der Waals surface area contributed by atoms with Crippen molar-refractivity contribution in [3.05, 3.63) is 97.3 Å². The Morgan fingerprint density at radius 2 is 1.27 bits per heavy atom. The largest absolute Gasteiger partial charge is 0.331 e. The van der Waals surface area contributed by atoms with E-state index in [1.807, 2.05) is 70.2 Å². The molecule has 3 rings (SSSR count). The number of rotatable bonds is 4. The zero-order valence-electron chi connectivity index (χ0n) is 15.7. The first kappa shape index (κ1) is 18.0. The van der Waals surface area contributed by atoms with Gasteiger partial charge >= 0.3 is 5.69 Å². The first-order valence-corrected chi connectivity index (χ1v) is 8.78. The molecule has 5 heteroatoms. The Balaban J connectivity index is 2.06. The number of aromatic nitrogens is 2. The molecule has 0 saturated carbocycles. The molecule has 0 unspecified atom stereocenters. The summed E-state index contributed by atoms with van der Waals surface area (Å²) in [6.07, 6.45) is 0. The molecule has 0 fully saturated rings. The van der Waals surface area contributed by atoms with E-state index in [2.05, 4.69) is 0 Å². The Kier molecular flexibility index (Phi) is 4.98. The summed E-state index contributed by atoms with van der Waals surface area (Å²) in [4.78, 5) is 25.7. The van der Waals surface area contributed by atoms with Crippen molar-refractivity contribution in [3.63, 3.8) is 0 Å². The first-order chi connectivity index (χ1) is 12.4. The van der Waals surface area contributed by atoms with E-state index in [0.29, 0.717) is 12.1 Å². The minimum absolute atomic E-state index is 0.215. The van der Waals surface area contributed by atoms with Crippen molar-refractivity contribution in [2.75, 3.05) is 0 Å². The molecular weight excluding hydrogens is 323 g/mol. The minimum Gasteiger partial charge on any atom is -0.293 e. The molecule has 0 bridgehead atoms. The van der Waals surface area contributed by atoms with Crippen LogP contribution in [0.4, 0.5) is 0 Å². The standard InChI is InChI=1S/C21H23BN2O2/c1-14-4-6-17(7-5-14)13-24-20(25)15(2)16(3)23(21(24)26)12-18-8-10-19(22)11-9-18/h4-11H,12-13,22H2,1-3H3. The van der Waals surface area contributed by atoms with Gasteiger partial charge in [0.1, 0.15) is 7.85 Å². The third-order valence-electron chi connectivity index (χ3n) is 4.90. The lowest BCUT2D eigenvalue weighted by atomic mass is 9.95. The molecule has 0 saturated heterocycles. The van der Waals surface area contributed by atoms with Gasteiger partial charge in [-0.25, -0.2) is 4.79 Å². The van der Waals surface area contributed by atoms with Gasteiger partial charge in [0, 0.05) is 11.3 Å². The molecule has 0 aliphatic carbocycles. The maximum absolute atomic E-state index is 13.0. The van der Waals surface area contributed by atoms with E-state index in [-0.39, 0.29) is 17.8 Å². The second kappa shape index (κ2) is 7.20. The van der Waals surface area contributed by atoms with Crippen LogP contribution in [0.5, 0.6) is 0 Å². The molecule has 4 nitrogen and oxygen atoms in total. The molecule has 0 aliphatic heterocycles. The van der Waals surface area contributed by atoms with E-state index in [1.54, 1.807) is 11.5 Å². The molecule has 132 valence electrons. The number of benzene rings is 2. The number of hydrogen-bond donors (Lipinski definition) is 0. The highest BCUT2D eigenvalue weighted by Gasteiger charge is 2.14. The number of aryl methyl sites for hydroxylation is 1. The van der Waals surface area contributed by atoms with Crippen LogP contribution in [-0.4, -0.2) is 17.0 Å². The van der Waals surface area contributed by atoms with Crippen LogP contribution in [0.2, 0.25) is 0 Å². The molecule has 1 heterocycles. The van der Waals surface area contributed by atoms with Crippen LogP contribution in [0.3, 0.4) is 0 Å². The predicted molar refractivity (Wildman–Crippen MR) is 108 cm³/mol. The number of hydrogen-bond acceptors (Lipinski definition) is 2. The van der Waals surface area contributed by atoms with Gasteiger partial charge in [0.05, 0.1) is 13.1 Å². The average Bonchev–Trinajstić information content (AvgIpc) is 2.64. The van der Waals surface area contributed by atoms with Crippen LogP contribution >= 0.6 is 0 Å². The van der Waals surface area contributed by atoms with E-state index in [0.717, 1.165) is 22.4 Å². The van der Waals surface area contributed by atoms with Crippen molar-refractivity contribution >= 4 is 13.3 Å². The normalized spacial score (nSPS) is 10.9. The van der Waals surface area contributed by atoms with Gasteiger partial charge in [0.2, 0.25) is 0 Å². The molecular formula is C21H23BN2O2. The van der Waals surface area contributed by atoms with Gasteiger partial charge in [-0.3, -0.25) is 13.9 Å². The Labute approximate surface area is 154 Å². The van der Waals surface area contributed by atoms with Crippen molar-refractivity contribution in [3.8, 4) is 0 Å². The highest BCUT2D eigenvalue weighted by molar-refractivity contribution is 6.32. The summed E-state index contributed by atoms with van der Waals surface area (Å²) in [5.74, 6) is 0. The van der Waals surface area contributed by atoms with Crippen molar-refractivity contribution in [1.29, 1.82) is 0 Å². The van der Waals surface area contributed by atoms with Crippen molar-refractivity contribution < 1.29 is 0 Å². The second-order valence-electron chi connectivity index (χ2n) is 6.94. The van der Waals surface area contributed by atoms with E-state index >= 15 is 0 Å². The van der Waals surface area contributed by atoms with Gasteiger partial charge in [0.25, 0.3) is 5.56 Å². The van der Waals surface area contributed by atoms with Crippen LogP contribution in [0, 0.1) is 20.8 Å². The minimum atomic E-state index is -0.265. The fraction of sp³-hybridized carbons (Fsp3) is 0.238. The van der Waals surface area contributed by atoms with Crippen molar-refractivity contribution in [2.24, 2.45) is 0 Å². The monoisotopic (exact) mass is 346 g/mol. The lowest BCUT2D eigenvalue weighted by Gasteiger charge is -2.16. The van der Waals surface area contributed by atoms with Crippen LogP contribution in [0.25, 0.3) is 0 Å². The predicted octanol–water partition coefficient (Wildman–Crippen LogP) is 1.29. The molecule has 0 radical (unpaired) electrons. The van der Waals surface area contributed by atoms with Crippen LogP contribution < -0.4 is 16.7 Å². The van der Waals surface area contributed by atoms with Gasteiger partial charge in [0.15, 0.2) is 0 Å². The summed E-state index contributed by atoms with van der Waals surface area (Å²) >= 11 is 0. The van der Waals surface area contributed by atoms with Gasteiger partial charge in [-0.1, -0.05) is 59.6 Å². The maximum Gasteiger partial charge on any atom is 0.331 e. The second-order valence-corrected chi connectivity index (χ2v) is 6.94. The van der Waals surface area contributed by atoms with Gasteiger partial charge in [-0.2, -0.15) is 0 Å². The fourth-order valence-electron chi connectivity index (χ4n) is 3.01. The third-order valence-corrected chi connectivity index (χ3v) is 4.90. The maximum atomic E-state index is 13.0. The van der Waals surface area contributed by atoms with Crippen LogP contribution in [0.15, 0.2) is 58.1 Å². The molecule has 0 amide bonds. The molecule has 0 N–H and O–H groups in total. The van der Waals surface area contributed by atoms with Gasteiger partial charge in [-0.15, -0.1) is 0 Å². The molecule has 0 atom stereocenters.